The van der Waals surface area contributed by atoms with Crippen LogP contribution in [0.2, 0.25) is 0 Å². The van der Waals surface area contributed by atoms with Crippen molar-refractivity contribution in [2.75, 3.05) is 23.4 Å². The Morgan fingerprint density at radius 3 is 2.18 bits per heavy atom. The summed E-state index contributed by atoms with van der Waals surface area (Å²) in [6.45, 7) is 7.70. The molecule has 1 amide bonds. The monoisotopic (exact) mass is 494 g/mol. The number of anilines is 1. The van der Waals surface area contributed by atoms with Crippen LogP contribution in [-0.4, -0.2) is 47.9 Å². The highest BCUT2D eigenvalue weighted by Crippen LogP contribution is 2.38. The number of ether oxygens (including phenoxy) is 1. The van der Waals surface area contributed by atoms with E-state index in [2.05, 4.69) is 5.32 Å². The Morgan fingerprint density at radius 2 is 1.67 bits per heavy atom. The molecule has 2 atom stereocenters. The second-order valence-corrected chi connectivity index (χ2v) is 13.3. The highest BCUT2D eigenvalue weighted by atomic mass is 32.2. The maximum Gasteiger partial charge on any atom is 0.263 e. The van der Waals surface area contributed by atoms with Crippen molar-refractivity contribution in [1.29, 1.82) is 0 Å². The van der Waals surface area contributed by atoms with E-state index >= 15 is 0 Å². The van der Waals surface area contributed by atoms with Crippen LogP contribution in [0.5, 0.6) is 5.75 Å². The van der Waals surface area contributed by atoms with Crippen molar-refractivity contribution in [3.8, 4) is 5.75 Å². The summed E-state index contributed by atoms with van der Waals surface area (Å²) in [6.07, 6.45) is 1.20. The van der Waals surface area contributed by atoms with E-state index in [1.165, 1.54) is 16.4 Å². The number of benzene rings is 2. The van der Waals surface area contributed by atoms with Gasteiger partial charge < -0.3 is 10.1 Å². The van der Waals surface area contributed by atoms with Crippen LogP contribution in [0.3, 0.4) is 0 Å². The number of sulfone groups is 1. The number of amides is 1. The molecule has 3 rings (SSSR count). The van der Waals surface area contributed by atoms with E-state index in [0.717, 1.165) is 18.1 Å². The molecule has 1 aliphatic rings. The van der Waals surface area contributed by atoms with Crippen LogP contribution in [0.4, 0.5) is 5.69 Å². The van der Waals surface area contributed by atoms with E-state index in [1.54, 1.807) is 31.2 Å². The zero-order chi connectivity index (χ0) is 24.8. The van der Waals surface area contributed by atoms with Gasteiger partial charge in [-0.3, -0.25) is 9.10 Å². The number of fused-ring (bicyclic) bond motifs is 1. The molecule has 0 unspecified atom stereocenters. The Morgan fingerprint density at radius 1 is 1.06 bits per heavy atom. The molecule has 0 bridgehead atoms. The van der Waals surface area contributed by atoms with Crippen LogP contribution < -0.4 is 14.4 Å². The van der Waals surface area contributed by atoms with Crippen molar-refractivity contribution in [1.82, 2.24) is 5.32 Å². The molecule has 0 fully saturated rings. The number of rotatable bonds is 5. The zero-order valence-electron chi connectivity index (χ0n) is 19.6. The predicted octanol–water partition coefficient (Wildman–Crippen LogP) is 2.79. The summed E-state index contributed by atoms with van der Waals surface area (Å²) in [5, 5.41) is 2.83. The van der Waals surface area contributed by atoms with E-state index in [4.69, 9.17) is 4.74 Å². The molecule has 0 aliphatic carbocycles. The lowest BCUT2D eigenvalue weighted by Gasteiger charge is -2.35. The first-order chi connectivity index (χ1) is 15.1. The second-order valence-electron chi connectivity index (χ2n) is 9.40. The molecule has 0 saturated carbocycles. The topological polar surface area (TPSA) is 110 Å². The first-order valence-corrected chi connectivity index (χ1v) is 14.2. The molecule has 0 radical (unpaired) electrons. The highest BCUT2D eigenvalue weighted by Gasteiger charge is 2.36. The van der Waals surface area contributed by atoms with Gasteiger partial charge >= 0.3 is 0 Å². The fraction of sp³-hybridized carbons (Fsp3) is 0.435. The molecule has 0 aromatic heterocycles. The van der Waals surface area contributed by atoms with Crippen molar-refractivity contribution >= 4 is 31.5 Å². The highest BCUT2D eigenvalue weighted by molar-refractivity contribution is 7.92. The van der Waals surface area contributed by atoms with Crippen LogP contribution in [0.15, 0.2) is 47.4 Å². The second kappa shape index (κ2) is 8.64. The smallest absolute Gasteiger partial charge is 0.263 e. The summed E-state index contributed by atoms with van der Waals surface area (Å²) in [7, 11) is -6.97. The van der Waals surface area contributed by atoms with Gasteiger partial charge in [0.2, 0.25) is 10.0 Å². The van der Waals surface area contributed by atoms with Crippen molar-refractivity contribution in [2.45, 2.75) is 50.2 Å². The number of nitrogens with zero attached hydrogens (tertiary/aromatic N) is 1. The van der Waals surface area contributed by atoms with Gasteiger partial charge in [-0.05, 0) is 47.7 Å². The van der Waals surface area contributed by atoms with E-state index in [9.17, 15) is 21.6 Å². The number of hydrogen-bond donors (Lipinski definition) is 1. The third-order valence-corrected chi connectivity index (χ3v) is 7.83. The van der Waals surface area contributed by atoms with E-state index in [-0.39, 0.29) is 16.9 Å². The number of carbonyl (C=O) groups is 1. The third-order valence-electron chi connectivity index (χ3n) is 5.55. The number of carbonyl (C=O) groups excluding carboxylic acids is 1. The van der Waals surface area contributed by atoms with Gasteiger partial charge in [-0.1, -0.05) is 39.0 Å². The minimum Gasteiger partial charge on any atom is -0.476 e. The third kappa shape index (κ3) is 5.67. The number of hydrogen-bond acceptors (Lipinski definition) is 6. The lowest BCUT2D eigenvalue weighted by Crippen LogP contribution is -2.50. The van der Waals surface area contributed by atoms with Gasteiger partial charge in [0.25, 0.3) is 5.91 Å². The molecule has 1 N–H and O–H groups in total. The molecular formula is C23H30N2O6S2. The van der Waals surface area contributed by atoms with Crippen LogP contribution in [0, 0.1) is 0 Å². The first kappa shape index (κ1) is 25.0. The van der Waals surface area contributed by atoms with Gasteiger partial charge in [0, 0.05) is 6.26 Å². The van der Waals surface area contributed by atoms with Crippen molar-refractivity contribution in [3.05, 3.63) is 53.6 Å². The molecule has 2 aromatic rings. The van der Waals surface area contributed by atoms with Crippen LogP contribution >= 0.6 is 0 Å². The molecule has 0 spiro atoms. The summed E-state index contributed by atoms with van der Waals surface area (Å²) in [4.78, 5) is 13.2. The molecule has 8 nitrogen and oxygen atoms in total. The van der Waals surface area contributed by atoms with E-state index < -0.39 is 37.9 Å². The maximum absolute atomic E-state index is 13.0. The fourth-order valence-corrected chi connectivity index (χ4v) is 5.10. The average molecular weight is 495 g/mol. The average Bonchev–Trinajstić information content (AvgIpc) is 2.70. The predicted molar refractivity (Wildman–Crippen MR) is 128 cm³/mol. The van der Waals surface area contributed by atoms with Crippen molar-refractivity contribution in [3.63, 3.8) is 0 Å². The lowest BCUT2D eigenvalue weighted by atomic mass is 9.86. The molecule has 180 valence electrons. The summed E-state index contributed by atoms with van der Waals surface area (Å²) in [5.41, 5.74) is 1.89. The largest absolute Gasteiger partial charge is 0.476 e. The molecule has 0 saturated heterocycles. The number of nitrogens with one attached hydrogen (secondary N) is 1. The van der Waals surface area contributed by atoms with Crippen molar-refractivity contribution in [2.24, 2.45) is 0 Å². The Labute approximate surface area is 195 Å². The van der Waals surface area contributed by atoms with E-state index in [0.29, 0.717) is 17.0 Å². The van der Waals surface area contributed by atoms with Gasteiger partial charge in [-0.25, -0.2) is 16.8 Å². The quantitative estimate of drug-likeness (QED) is 0.685. The normalized spacial score (nSPS) is 17.6. The number of sulfonamides is 1. The Hall–Kier alpha value is -2.59. The summed E-state index contributed by atoms with van der Waals surface area (Å²) >= 11 is 0. The summed E-state index contributed by atoms with van der Waals surface area (Å²) < 4.78 is 55.4. The molecular weight excluding hydrogens is 464 g/mol. The molecule has 10 heteroatoms. The molecule has 33 heavy (non-hydrogen) atoms. The molecule has 1 aliphatic heterocycles. The van der Waals surface area contributed by atoms with Gasteiger partial charge in [0.15, 0.2) is 15.9 Å². The Balaban J connectivity index is 1.83. The zero-order valence-corrected chi connectivity index (χ0v) is 21.2. The van der Waals surface area contributed by atoms with Gasteiger partial charge in [0.1, 0.15) is 5.75 Å². The SMILES string of the molecule is C[C@H](NC(=O)[C@H]1CN(S(C)(=O)=O)c2cc(C(C)(C)C)ccc2O1)c1ccc(S(C)(=O)=O)cc1. The minimum atomic E-state index is -3.65. The van der Waals surface area contributed by atoms with Crippen LogP contribution in [0.25, 0.3) is 0 Å². The maximum atomic E-state index is 13.0. The van der Waals surface area contributed by atoms with Crippen LogP contribution in [0.1, 0.15) is 44.9 Å². The lowest BCUT2D eigenvalue weighted by molar-refractivity contribution is -0.128. The van der Waals surface area contributed by atoms with Gasteiger partial charge in [-0.15, -0.1) is 0 Å². The Bertz CT molecular complexity index is 1260. The summed E-state index contributed by atoms with van der Waals surface area (Å²) in [6, 6.07) is 11.1. The van der Waals surface area contributed by atoms with Gasteiger partial charge in [-0.2, -0.15) is 0 Å². The first-order valence-electron chi connectivity index (χ1n) is 10.5. The minimum absolute atomic E-state index is 0.148. The molecule has 1 heterocycles. The van der Waals surface area contributed by atoms with Crippen LogP contribution in [-0.2, 0) is 30.1 Å². The fourth-order valence-electron chi connectivity index (χ4n) is 3.56. The standard InChI is InChI=1S/C23H30N2O6S2/c1-15(16-7-10-18(11-8-16)32(5,27)28)24-22(26)21-14-25(33(6,29)30)19-13-17(23(2,3)4)9-12-20(19)31-21/h7-13,15,21H,14H2,1-6H3,(H,24,26)/t15-,21+/m0/s1. The Kier molecular flexibility index (Phi) is 6.56. The van der Waals surface area contributed by atoms with Crippen molar-refractivity contribution < 1.29 is 26.4 Å². The van der Waals surface area contributed by atoms with E-state index in [1.807, 2.05) is 26.8 Å². The van der Waals surface area contributed by atoms with Gasteiger partial charge in [0.05, 0.1) is 29.4 Å². The molecule has 2 aromatic carbocycles. The summed E-state index contributed by atoms with van der Waals surface area (Å²) in [5.74, 6) is -0.140.